The van der Waals surface area contributed by atoms with Gasteiger partial charge in [-0.3, -0.25) is 0 Å². The van der Waals surface area contributed by atoms with Crippen LogP contribution in [0, 0.1) is 6.92 Å². The highest BCUT2D eigenvalue weighted by atomic mass is 16.1. The van der Waals surface area contributed by atoms with Crippen molar-refractivity contribution in [2.75, 3.05) is 12.4 Å². The maximum absolute atomic E-state index is 12.3. The Morgan fingerprint density at radius 1 is 1.15 bits per heavy atom. The number of benzene rings is 1. The largest absolute Gasteiger partial charge is 0.372 e. The van der Waals surface area contributed by atoms with Crippen molar-refractivity contribution in [1.82, 2.24) is 19.5 Å². The Bertz CT molecular complexity index is 826. The summed E-state index contributed by atoms with van der Waals surface area (Å²) < 4.78 is 1.49. The first-order valence-electron chi connectivity index (χ1n) is 6.20. The SMILES string of the molecule is CNc1nc(=O)n(-c2ccccc2)c2nc(C)ncc12. The van der Waals surface area contributed by atoms with Crippen molar-refractivity contribution in [1.29, 1.82) is 0 Å². The van der Waals surface area contributed by atoms with E-state index >= 15 is 0 Å². The van der Waals surface area contributed by atoms with Gasteiger partial charge in [0.15, 0.2) is 5.65 Å². The van der Waals surface area contributed by atoms with Crippen LogP contribution in [0.1, 0.15) is 5.82 Å². The normalized spacial score (nSPS) is 10.7. The van der Waals surface area contributed by atoms with Crippen LogP contribution < -0.4 is 11.0 Å². The molecular weight excluding hydrogens is 254 g/mol. The summed E-state index contributed by atoms with van der Waals surface area (Å²) in [4.78, 5) is 24.9. The molecule has 0 aliphatic carbocycles. The van der Waals surface area contributed by atoms with E-state index in [9.17, 15) is 4.79 Å². The van der Waals surface area contributed by atoms with Gasteiger partial charge < -0.3 is 5.32 Å². The molecule has 0 atom stereocenters. The summed E-state index contributed by atoms with van der Waals surface area (Å²) in [6.45, 7) is 1.79. The van der Waals surface area contributed by atoms with Crippen LogP contribution in [0.3, 0.4) is 0 Å². The molecule has 0 amide bonds. The van der Waals surface area contributed by atoms with E-state index < -0.39 is 0 Å². The predicted octanol–water partition coefficient (Wildman–Crippen LogP) is 1.53. The molecule has 3 aromatic rings. The van der Waals surface area contributed by atoms with Crippen molar-refractivity contribution in [3.8, 4) is 5.69 Å². The topological polar surface area (TPSA) is 72.7 Å². The van der Waals surface area contributed by atoms with Crippen LogP contribution in [0.15, 0.2) is 41.3 Å². The smallest absolute Gasteiger partial charge is 0.355 e. The maximum atomic E-state index is 12.3. The van der Waals surface area contributed by atoms with Gasteiger partial charge in [0.25, 0.3) is 0 Å². The Balaban J connectivity index is 2.46. The first-order valence-corrected chi connectivity index (χ1v) is 6.20. The van der Waals surface area contributed by atoms with Gasteiger partial charge in [0, 0.05) is 13.2 Å². The van der Waals surface area contributed by atoms with E-state index in [2.05, 4.69) is 20.3 Å². The molecule has 2 aromatic heterocycles. The molecule has 0 unspecified atom stereocenters. The fourth-order valence-electron chi connectivity index (χ4n) is 2.09. The number of hydrogen-bond donors (Lipinski definition) is 1. The Morgan fingerprint density at radius 2 is 1.90 bits per heavy atom. The Morgan fingerprint density at radius 3 is 2.60 bits per heavy atom. The minimum Gasteiger partial charge on any atom is -0.372 e. The highest BCUT2D eigenvalue weighted by molar-refractivity contribution is 5.86. The second-order valence-corrected chi connectivity index (χ2v) is 4.32. The number of nitrogens with zero attached hydrogens (tertiary/aromatic N) is 4. The Kier molecular flexibility index (Phi) is 2.90. The molecule has 0 radical (unpaired) electrons. The lowest BCUT2D eigenvalue weighted by Gasteiger charge is -2.11. The highest BCUT2D eigenvalue weighted by Gasteiger charge is 2.12. The molecule has 1 aromatic carbocycles. The van der Waals surface area contributed by atoms with Crippen molar-refractivity contribution in [2.24, 2.45) is 0 Å². The summed E-state index contributed by atoms with van der Waals surface area (Å²) in [6.07, 6.45) is 1.68. The lowest BCUT2D eigenvalue weighted by Crippen LogP contribution is -2.24. The number of para-hydroxylation sites is 1. The zero-order valence-corrected chi connectivity index (χ0v) is 11.2. The van der Waals surface area contributed by atoms with Gasteiger partial charge in [-0.1, -0.05) is 18.2 Å². The number of aromatic nitrogens is 4. The molecule has 6 nitrogen and oxygen atoms in total. The van der Waals surface area contributed by atoms with Gasteiger partial charge in [0.1, 0.15) is 11.6 Å². The van der Waals surface area contributed by atoms with Crippen molar-refractivity contribution in [2.45, 2.75) is 6.92 Å². The standard InChI is InChI=1S/C14H13N5O/c1-9-16-8-11-12(15-2)18-14(20)19(13(11)17-9)10-6-4-3-5-7-10/h3-8H,1-2H3,(H,15,18,20). The lowest BCUT2D eigenvalue weighted by molar-refractivity contribution is 0.924. The summed E-state index contributed by atoms with van der Waals surface area (Å²) in [7, 11) is 1.72. The highest BCUT2D eigenvalue weighted by Crippen LogP contribution is 2.19. The Hall–Kier alpha value is -2.76. The van der Waals surface area contributed by atoms with Crippen molar-refractivity contribution >= 4 is 16.9 Å². The van der Waals surface area contributed by atoms with Crippen LogP contribution in [-0.2, 0) is 0 Å². The third-order valence-corrected chi connectivity index (χ3v) is 3.01. The van der Waals surface area contributed by atoms with E-state index in [-0.39, 0.29) is 5.69 Å². The molecule has 0 saturated carbocycles. The van der Waals surface area contributed by atoms with Crippen molar-refractivity contribution < 1.29 is 0 Å². The first-order chi connectivity index (χ1) is 9.70. The number of fused-ring (bicyclic) bond motifs is 1. The molecule has 0 aliphatic heterocycles. The molecule has 1 N–H and O–H groups in total. The van der Waals surface area contributed by atoms with Crippen LogP contribution in [0.4, 0.5) is 5.82 Å². The molecule has 3 rings (SSSR count). The fourth-order valence-corrected chi connectivity index (χ4v) is 2.09. The van der Waals surface area contributed by atoms with Gasteiger partial charge in [-0.25, -0.2) is 19.3 Å². The van der Waals surface area contributed by atoms with Gasteiger partial charge in [-0.2, -0.15) is 4.98 Å². The minimum atomic E-state index is -0.369. The van der Waals surface area contributed by atoms with Crippen LogP contribution in [-0.4, -0.2) is 26.6 Å². The minimum absolute atomic E-state index is 0.369. The molecule has 0 saturated heterocycles. The molecule has 0 aliphatic rings. The molecular formula is C14H13N5O. The summed E-state index contributed by atoms with van der Waals surface area (Å²) in [6, 6.07) is 9.33. The Labute approximate surface area is 115 Å². The van der Waals surface area contributed by atoms with Crippen molar-refractivity contribution in [3.05, 3.63) is 52.8 Å². The van der Waals surface area contributed by atoms with E-state index in [0.29, 0.717) is 22.7 Å². The van der Waals surface area contributed by atoms with E-state index in [0.717, 1.165) is 5.69 Å². The number of anilines is 1. The molecule has 0 spiro atoms. The van der Waals surface area contributed by atoms with Crippen LogP contribution in [0.25, 0.3) is 16.7 Å². The van der Waals surface area contributed by atoms with E-state index in [1.165, 1.54) is 4.57 Å². The van der Waals surface area contributed by atoms with Gasteiger partial charge in [-0.05, 0) is 19.1 Å². The summed E-state index contributed by atoms with van der Waals surface area (Å²) >= 11 is 0. The van der Waals surface area contributed by atoms with Crippen LogP contribution in [0.2, 0.25) is 0 Å². The molecule has 2 heterocycles. The third-order valence-electron chi connectivity index (χ3n) is 3.01. The van der Waals surface area contributed by atoms with Gasteiger partial charge in [0.05, 0.1) is 11.1 Å². The van der Waals surface area contributed by atoms with Gasteiger partial charge in [-0.15, -0.1) is 0 Å². The zero-order valence-electron chi connectivity index (χ0n) is 11.2. The summed E-state index contributed by atoms with van der Waals surface area (Å²) in [5.41, 5.74) is 0.912. The van der Waals surface area contributed by atoms with E-state index in [1.807, 2.05) is 30.3 Å². The van der Waals surface area contributed by atoms with E-state index in [4.69, 9.17) is 0 Å². The molecule has 0 fully saturated rings. The molecule has 20 heavy (non-hydrogen) atoms. The van der Waals surface area contributed by atoms with Crippen LogP contribution >= 0.6 is 0 Å². The summed E-state index contributed by atoms with van der Waals surface area (Å²) in [5.74, 6) is 1.09. The molecule has 100 valence electrons. The van der Waals surface area contributed by atoms with Crippen LogP contribution in [0.5, 0.6) is 0 Å². The quantitative estimate of drug-likeness (QED) is 0.762. The lowest BCUT2D eigenvalue weighted by atomic mass is 10.3. The van der Waals surface area contributed by atoms with Crippen molar-refractivity contribution in [3.63, 3.8) is 0 Å². The summed E-state index contributed by atoms with van der Waals surface area (Å²) in [5, 5.41) is 3.61. The monoisotopic (exact) mass is 267 g/mol. The molecule has 6 heteroatoms. The predicted molar refractivity (Wildman–Crippen MR) is 77.2 cm³/mol. The second kappa shape index (κ2) is 4.73. The fraction of sp³-hybridized carbons (Fsp3) is 0.143. The van der Waals surface area contributed by atoms with Gasteiger partial charge >= 0.3 is 5.69 Å². The zero-order chi connectivity index (χ0) is 14.1. The van der Waals surface area contributed by atoms with Gasteiger partial charge in [0.2, 0.25) is 0 Å². The number of aryl methyl sites for hydroxylation is 1. The number of nitrogens with one attached hydrogen (secondary N) is 1. The third kappa shape index (κ3) is 1.91. The average molecular weight is 267 g/mol. The molecule has 0 bridgehead atoms. The first kappa shape index (κ1) is 12.3. The maximum Gasteiger partial charge on any atom is 0.355 e. The number of hydrogen-bond acceptors (Lipinski definition) is 5. The average Bonchev–Trinajstić information content (AvgIpc) is 2.47. The second-order valence-electron chi connectivity index (χ2n) is 4.32. The number of rotatable bonds is 2. The van der Waals surface area contributed by atoms with E-state index in [1.54, 1.807) is 20.2 Å².